The third kappa shape index (κ3) is 4.10. The molecule has 0 saturated carbocycles. The van der Waals surface area contributed by atoms with E-state index in [1.54, 1.807) is 0 Å². The van der Waals surface area contributed by atoms with Crippen molar-refractivity contribution in [1.82, 2.24) is 0 Å². The van der Waals surface area contributed by atoms with E-state index in [4.69, 9.17) is 0 Å². The number of benzene rings is 2. The molecule has 20 heavy (non-hydrogen) atoms. The van der Waals surface area contributed by atoms with Gasteiger partial charge in [0.1, 0.15) is 0 Å². The highest BCUT2D eigenvalue weighted by Gasteiger charge is 2.09. The number of para-hydroxylation sites is 1. The number of nitrogens with one attached hydrogen (secondary N) is 1. The van der Waals surface area contributed by atoms with E-state index in [1.165, 1.54) is 0 Å². The predicted octanol–water partition coefficient (Wildman–Crippen LogP) is 3.91. The van der Waals surface area contributed by atoms with E-state index >= 15 is 0 Å². The van der Waals surface area contributed by atoms with Crippen LogP contribution in [-0.4, -0.2) is 19.0 Å². The summed E-state index contributed by atoms with van der Waals surface area (Å²) in [4.78, 5) is 14.1. The van der Waals surface area contributed by atoms with Crippen LogP contribution in [0.5, 0.6) is 0 Å². The van der Waals surface area contributed by atoms with Gasteiger partial charge < -0.3 is 10.2 Å². The van der Waals surface area contributed by atoms with Crippen molar-refractivity contribution in [3.8, 4) is 0 Å². The zero-order valence-electron chi connectivity index (χ0n) is 11.3. The molecule has 3 nitrogen and oxygen atoms in total. The third-order valence-electron chi connectivity index (χ3n) is 2.95. The number of amides is 1. The van der Waals surface area contributed by atoms with Crippen molar-refractivity contribution >= 4 is 33.2 Å². The Kier molecular flexibility index (Phi) is 5.18. The first-order chi connectivity index (χ1) is 9.69. The number of carbonyl (C=O) groups excluding carboxylic acids is 1. The summed E-state index contributed by atoms with van der Waals surface area (Å²) in [7, 11) is 0. The summed E-state index contributed by atoms with van der Waals surface area (Å²) >= 11 is 3.39. The molecule has 0 aromatic heterocycles. The lowest BCUT2D eigenvalue weighted by Crippen LogP contribution is -2.33. The fourth-order valence-corrected chi connectivity index (χ4v) is 2.36. The molecule has 2 aromatic carbocycles. The van der Waals surface area contributed by atoms with Gasteiger partial charge in [-0.05, 0) is 37.3 Å². The van der Waals surface area contributed by atoms with Crippen LogP contribution in [0.4, 0.5) is 11.4 Å². The molecule has 0 unspecified atom stereocenters. The molecule has 1 N–H and O–H groups in total. The maximum Gasteiger partial charge on any atom is 0.243 e. The number of nitrogens with zero attached hydrogens (tertiary/aromatic N) is 1. The summed E-state index contributed by atoms with van der Waals surface area (Å²) in [6.07, 6.45) is 0. The molecule has 0 aliphatic heterocycles. The van der Waals surface area contributed by atoms with Crippen LogP contribution in [0, 0.1) is 0 Å². The first-order valence-corrected chi connectivity index (χ1v) is 7.33. The van der Waals surface area contributed by atoms with Crippen molar-refractivity contribution in [2.24, 2.45) is 0 Å². The topological polar surface area (TPSA) is 32.3 Å². The number of carbonyl (C=O) groups is 1. The molecule has 0 bridgehead atoms. The molecule has 104 valence electrons. The van der Waals surface area contributed by atoms with Crippen LogP contribution < -0.4 is 10.2 Å². The van der Waals surface area contributed by atoms with E-state index in [9.17, 15) is 4.79 Å². The van der Waals surface area contributed by atoms with Crippen molar-refractivity contribution in [3.05, 3.63) is 59.1 Å². The smallest absolute Gasteiger partial charge is 0.243 e. The summed E-state index contributed by atoms with van der Waals surface area (Å²) < 4.78 is 0.950. The van der Waals surface area contributed by atoms with Crippen molar-refractivity contribution < 1.29 is 4.79 Å². The van der Waals surface area contributed by atoms with Crippen molar-refractivity contribution in [2.45, 2.75) is 6.92 Å². The molecule has 0 aliphatic rings. The number of hydrogen-bond acceptors (Lipinski definition) is 2. The first kappa shape index (κ1) is 14.6. The Morgan fingerprint density at radius 1 is 1.15 bits per heavy atom. The highest BCUT2D eigenvalue weighted by atomic mass is 79.9. The van der Waals surface area contributed by atoms with Gasteiger partial charge in [-0.2, -0.15) is 0 Å². The molecular formula is C16H17BrN2O. The minimum Gasteiger partial charge on any atom is -0.362 e. The first-order valence-electron chi connectivity index (χ1n) is 6.54. The molecule has 4 heteroatoms. The number of rotatable bonds is 5. The highest BCUT2D eigenvalue weighted by molar-refractivity contribution is 9.10. The SMILES string of the molecule is CCN(CC(=O)Nc1cccc(Br)c1)c1ccccc1. The van der Waals surface area contributed by atoms with Crippen LogP contribution in [0.15, 0.2) is 59.1 Å². The molecule has 0 fully saturated rings. The Bertz CT molecular complexity index is 572. The molecule has 1 amide bonds. The zero-order chi connectivity index (χ0) is 14.4. The van der Waals surface area contributed by atoms with Crippen LogP contribution in [0.2, 0.25) is 0 Å². The molecule has 0 spiro atoms. The van der Waals surface area contributed by atoms with E-state index < -0.39 is 0 Å². The summed E-state index contributed by atoms with van der Waals surface area (Å²) in [5, 5.41) is 2.91. The molecule has 0 saturated heterocycles. The van der Waals surface area contributed by atoms with E-state index in [-0.39, 0.29) is 5.91 Å². The van der Waals surface area contributed by atoms with Crippen LogP contribution >= 0.6 is 15.9 Å². The van der Waals surface area contributed by atoms with Gasteiger partial charge in [0.05, 0.1) is 6.54 Å². The summed E-state index contributed by atoms with van der Waals surface area (Å²) in [6, 6.07) is 17.5. The van der Waals surface area contributed by atoms with Gasteiger partial charge in [0.2, 0.25) is 5.91 Å². The van der Waals surface area contributed by atoms with Crippen molar-refractivity contribution in [1.29, 1.82) is 0 Å². The normalized spacial score (nSPS) is 10.1. The average molecular weight is 333 g/mol. The van der Waals surface area contributed by atoms with Crippen molar-refractivity contribution in [2.75, 3.05) is 23.3 Å². The van der Waals surface area contributed by atoms with Crippen LogP contribution in [0.25, 0.3) is 0 Å². The Balaban J connectivity index is 2.00. The van der Waals surface area contributed by atoms with Crippen molar-refractivity contribution in [3.63, 3.8) is 0 Å². The number of halogens is 1. The molecule has 0 atom stereocenters. The Morgan fingerprint density at radius 2 is 1.90 bits per heavy atom. The predicted molar refractivity (Wildman–Crippen MR) is 87.1 cm³/mol. The molecule has 0 radical (unpaired) electrons. The van der Waals surface area contributed by atoms with Gasteiger partial charge in [0.25, 0.3) is 0 Å². The quantitative estimate of drug-likeness (QED) is 0.900. The molecule has 0 heterocycles. The second-order valence-electron chi connectivity index (χ2n) is 4.41. The van der Waals surface area contributed by atoms with Gasteiger partial charge in [-0.3, -0.25) is 4.79 Å². The summed E-state index contributed by atoms with van der Waals surface area (Å²) in [5.41, 5.74) is 1.85. The van der Waals surface area contributed by atoms with E-state index in [0.29, 0.717) is 6.54 Å². The Hall–Kier alpha value is -1.81. The Morgan fingerprint density at radius 3 is 2.55 bits per heavy atom. The number of hydrogen-bond donors (Lipinski definition) is 1. The lowest BCUT2D eigenvalue weighted by molar-refractivity contribution is -0.115. The fraction of sp³-hybridized carbons (Fsp3) is 0.188. The number of anilines is 2. The third-order valence-corrected chi connectivity index (χ3v) is 3.44. The van der Waals surface area contributed by atoms with Crippen LogP contribution in [-0.2, 0) is 4.79 Å². The fourth-order valence-electron chi connectivity index (χ4n) is 1.96. The molecule has 0 aliphatic carbocycles. The van der Waals surface area contributed by atoms with Gasteiger partial charge >= 0.3 is 0 Å². The number of likely N-dealkylation sites (N-methyl/N-ethyl adjacent to an activating group) is 1. The monoisotopic (exact) mass is 332 g/mol. The molecule has 2 rings (SSSR count). The summed E-state index contributed by atoms with van der Waals surface area (Å²) in [5.74, 6) is -0.0196. The minimum atomic E-state index is -0.0196. The van der Waals surface area contributed by atoms with Gasteiger partial charge in [-0.25, -0.2) is 0 Å². The van der Waals surface area contributed by atoms with Gasteiger partial charge in [-0.15, -0.1) is 0 Å². The van der Waals surface area contributed by atoms with Gasteiger partial charge in [0.15, 0.2) is 0 Å². The zero-order valence-corrected chi connectivity index (χ0v) is 12.9. The Labute approximate surface area is 127 Å². The van der Waals surface area contributed by atoms with Gasteiger partial charge in [-0.1, -0.05) is 40.2 Å². The maximum absolute atomic E-state index is 12.1. The summed E-state index contributed by atoms with van der Waals surface area (Å²) in [6.45, 7) is 3.17. The average Bonchev–Trinajstić information content (AvgIpc) is 2.45. The highest BCUT2D eigenvalue weighted by Crippen LogP contribution is 2.16. The van der Waals surface area contributed by atoms with E-state index in [2.05, 4.69) is 21.2 Å². The van der Waals surface area contributed by atoms with Crippen LogP contribution in [0.3, 0.4) is 0 Å². The lowest BCUT2D eigenvalue weighted by atomic mass is 10.2. The molecular weight excluding hydrogens is 316 g/mol. The van der Waals surface area contributed by atoms with Gasteiger partial charge in [0, 0.05) is 22.4 Å². The maximum atomic E-state index is 12.1. The minimum absolute atomic E-state index is 0.0196. The van der Waals surface area contributed by atoms with E-state index in [1.807, 2.05) is 66.4 Å². The lowest BCUT2D eigenvalue weighted by Gasteiger charge is -2.22. The van der Waals surface area contributed by atoms with Crippen LogP contribution in [0.1, 0.15) is 6.92 Å². The van der Waals surface area contributed by atoms with E-state index in [0.717, 1.165) is 22.4 Å². The second-order valence-corrected chi connectivity index (χ2v) is 5.32. The molecule has 2 aromatic rings. The largest absolute Gasteiger partial charge is 0.362 e. The standard InChI is InChI=1S/C16H17BrN2O/c1-2-19(15-9-4-3-5-10-15)12-16(20)18-14-8-6-7-13(17)11-14/h3-11H,2,12H2,1H3,(H,18,20). The second kappa shape index (κ2) is 7.10.